The Balaban J connectivity index is 1.89. The zero-order valence-electron chi connectivity index (χ0n) is 11.5. The van der Waals surface area contributed by atoms with Crippen LogP contribution in [-0.4, -0.2) is 17.4 Å². The first-order valence-corrected chi connectivity index (χ1v) is 7.10. The molecule has 0 amide bonds. The van der Waals surface area contributed by atoms with Crippen molar-refractivity contribution in [2.24, 2.45) is 0 Å². The van der Waals surface area contributed by atoms with Crippen molar-refractivity contribution in [3.05, 3.63) is 76.5 Å². The summed E-state index contributed by atoms with van der Waals surface area (Å²) in [6, 6.07) is 16.0. The highest BCUT2D eigenvalue weighted by atomic mass is 35.5. The number of rotatable bonds is 3. The van der Waals surface area contributed by atoms with E-state index in [1.165, 1.54) is 0 Å². The van der Waals surface area contributed by atoms with E-state index in [9.17, 15) is 9.90 Å². The van der Waals surface area contributed by atoms with Crippen LogP contribution in [0.3, 0.4) is 0 Å². The molecule has 1 aliphatic rings. The minimum Gasteiger partial charge on any atom is -0.419 e. The van der Waals surface area contributed by atoms with Crippen molar-refractivity contribution in [3.8, 4) is 0 Å². The Hall–Kier alpha value is -2.30. The quantitative estimate of drug-likeness (QED) is 0.871. The number of hydrogen-bond acceptors (Lipinski definition) is 4. The summed E-state index contributed by atoms with van der Waals surface area (Å²) in [6.45, 7) is 0. The molecule has 2 atom stereocenters. The Morgan fingerprint density at radius 2 is 1.77 bits per heavy atom. The summed E-state index contributed by atoms with van der Waals surface area (Å²) in [5, 5.41) is 11.0. The van der Waals surface area contributed by atoms with Crippen LogP contribution in [-0.2, 0) is 9.47 Å². The molecule has 22 heavy (non-hydrogen) atoms. The number of carbonyl (C=O) groups excluding carboxylic acids is 1. The highest BCUT2D eigenvalue weighted by molar-refractivity contribution is 6.30. The van der Waals surface area contributed by atoms with Crippen molar-refractivity contribution in [2.75, 3.05) is 0 Å². The zero-order chi connectivity index (χ0) is 15.5. The molecule has 3 rings (SSSR count). The fraction of sp³-hybridized carbons (Fsp3) is 0.118. The van der Waals surface area contributed by atoms with Gasteiger partial charge in [0.25, 0.3) is 0 Å². The molecule has 1 fully saturated rings. The Morgan fingerprint density at radius 1 is 1.09 bits per heavy atom. The molecular weight excluding hydrogens is 304 g/mol. The average molecular weight is 317 g/mol. The summed E-state index contributed by atoms with van der Waals surface area (Å²) in [6.07, 6.45) is -1.05. The van der Waals surface area contributed by atoms with Crippen LogP contribution in [0, 0.1) is 0 Å². The lowest BCUT2D eigenvalue weighted by Gasteiger charge is -2.16. The van der Waals surface area contributed by atoms with Gasteiger partial charge >= 0.3 is 6.16 Å². The van der Waals surface area contributed by atoms with Crippen LogP contribution in [0.5, 0.6) is 0 Å². The van der Waals surface area contributed by atoms with Crippen molar-refractivity contribution in [1.82, 2.24) is 0 Å². The molecule has 0 aromatic heterocycles. The lowest BCUT2D eigenvalue weighted by Crippen LogP contribution is -2.19. The Bertz CT molecular complexity index is 694. The number of halogens is 1. The molecule has 1 heterocycles. The number of benzene rings is 2. The van der Waals surface area contributed by atoms with Crippen LogP contribution >= 0.6 is 11.6 Å². The fourth-order valence-electron chi connectivity index (χ4n) is 2.22. The van der Waals surface area contributed by atoms with Gasteiger partial charge in [-0.15, -0.1) is 0 Å². The second-order valence-electron chi connectivity index (χ2n) is 4.84. The van der Waals surface area contributed by atoms with Gasteiger partial charge in [0.1, 0.15) is 6.10 Å². The molecule has 5 heteroatoms. The molecule has 0 aliphatic carbocycles. The molecule has 2 aromatic rings. The smallest absolute Gasteiger partial charge is 0.419 e. The van der Waals surface area contributed by atoms with Crippen molar-refractivity contribution in [2.45, 2.75) is 12.2 Å². The summed E-state index contributed by atoms with van der Waals surface area (Å²) >= 11 is 5.83. The summed E-state index contributed by atoms with van der Waals surface area (Å²) in [7, 11) is 0. The van der Waals surface area contributed by atoms with Gasteiger partial charge in [0.05, 0.1) is 0 Å². The van der Waals surface area contributed by atoms with Gasteiger partial charge in [-0.1, -0.05) is 54.1 Å². The summed E-state index contributed by atoms with van der Waals surface area (Å²) in [5.41, 5.74) is 1.44. The monoisotopic (exact) mass is 316 g/mol. The Kier molecular flexibility index (Phi) is 4.13. The third kappa shape index (κ3) is 3.13. The predicted octanol–water partition coefficient (Wildman–Crippen LogP) is 3.95. The Morgan fingerprint density at radius 3 is 2.45 bits per heavy atom. The van der Waals surface area contributed by atoms with E-state index in [-0.39, 0.29) is 5.76 Å². The van der Waals surface area contributed by atoms with Crippen molar-refractivity contribution in [3.63, 3.8) is 0 Å². The van der Waals surface area contributed by atoms with E-state index in [2.05, 4.69) is 0 Å². The number of cyclic esters (lactones) is 2. The molecule has 0 radical (unpaired) electrons. The molecule has 112 valence electrons. The van der Waals surface area contributed by atoms with Crippen LogP contribution in [0.25, 0.3) is 6.08 Å². The van der Waals surface area contributed by atoms with E-state index in [0.29, 0.717) is 10.6 Å². The third-order valence-electron chi connectivity index (χ3n) is 3.31. The van der Waals surface area contributed by atoms with Gasteiger partial charge in [-0.05, 0) is 29.3 Å². The molecule has 1 saturated heterocycles. The lowest BCUT2D eigenvalue weighted by atomic mass is 10.0. The first kappa shape index (κ1) is 14.6. The minimum absolute atomic E-state index is 0.277. The first-order valence-electron chi connectivity index (χ1n) is 6.72. The van der Waals surface area contributed by atoms with Gasteiger partial charge < -0.3 is 14.6 Å². The molecular formula is C17H13ClO4. The third-order valence-corrected chi connectivity index (χ3v) is 3.56. The van der Waals surface area contributed by atoms with Crippen molar-refractivity contribution < 1.29 is 19.4 Å². The topological polar surface area (TPSA) is 55.8 Å². The molecule has 0 saturated carbocycles. The van der Waals surface area contributed by atoms with Crippen LogP contribution in [0.1, 0.15) is 17.2 Å². The maximum absolute atomic E-state index is 11.4. The van der Waals surface area contributed by atoms with Gasteiger partial charge in [0.2, 0.25) is 0 Å². The van der Waals surface area contributed by atoms with Gasteiger partial charge in [-0.25, -0.2) is 4.79 Å². The van der Waals surface area contributed by atoms with Crippen molar-refractivity contribution >= 4 is 23.8 Å². The van der Waals surface area contributed by atoms with Gasteiger partial charge in [0.15, 0.2) is 11.9 Å². The average Bonchev–Trinajstić information content (AvgIpc) is 2.89. The van der Waals surface area contributed by atoms with Gasteiger partial charge in [-0.2, -0.15) is 0 Å². The second kappa shape index (κ2) is 6.22. The summed E-state index contributed by atoms with van der Waals surface area (Å²) < 4.78 is 10.1. The van der Waals surface area contributed by atoms with Crippen molar-refractivity contribution in [1.29, 1.82) is 0 Å². The summed E-state index contributed by atoms with van der Waals surface area (Å²) in [4.78, 5) is 11.4. The molecule has 0 spiro atoms. The van der Waals surface area contributed by atoms with Crippen LogP contribution in [0.4, 0.5) is 4.79 Å². The first-order chi connectivity index (χ1) is 10.6. The highest BCUT2D eigenvalue weighted by Gasteiger charge is 2.37. The van der Waals surface area contributed by atoms with Crippen LogP contribution in [0.2, 0.25) is 5.02 Å². The molecule has 1 N–H and O–H groups in total. The molecule has 4 nitrogen and oxygen atoms in total. The zero-order valence-corrected chi connectivity index (χ0v) is 12.2. The van der Waals surface area contributed by atoms with E-state index in [4.69, 9.17) is 21.1 Å². The number of hydrogen-bond donors (Lipinski definition) is 1. The molecule has 0 unspecified atom stereocenters. The van der Waals surface area contributed by atoms with E-state index >= 15 is 0 Å². The normalized spacial score (nSPS) is 20.5. The minimum atomic E-state index is -1.03. The summed E-state index contributed by atoms with van der Waals surface area (Å²) in [5.74, 6) is 0.277. The number of aliphatic hydroxyl groups is 1. The van der Waals surface area contributed by atoms with Crippen LogP contribution < -0.4 is 0 Å². The highest BCUT2D eigenvalue weighted by Crippen LogP contribution is 2.32. The van der Waals surface area contributed by atoms with E-state index in [0.717, 1.165) is 5.56 Å². The number of aliphatic hydroxyl groups excluding tert-OH is 1. The molecule has 0 bridgehead atoms. The molecule has 2 aromatic carbocycles. The van der Waals surface area contributed by atoms with Crippen LogP contribution in [0.15, 0.2) is 60.4 Å². The number of ether oxygens (including phenoxy) is 2. The van der Waals surface area contributed by atoms with E-state index < -0.39 is 18.4 Å². The predicted molar refractivity (Wildman–Crippen MR) is 82.2 cm³/mol. The van der Waals surface area contributed by atoms with E-state index in [1.54, 1.807) is 30.3 Å². The number of carbonyl (C=O) groups is 1. The van der Waals surface area contributed by atoms with E-state index in [1.807, 2.05) is 30.3 Å². The molecule has 1 aliphatic heterocycles. The maximum Gasteiger partial charge on any atom is 0.514 e. The fourth-order valence-corrected chi connectivity index (χ4v) is 2.35. The maximum atomic E-state index is 11.4. The second-order valence-corrected chi connectivity index (χ2v) is 5.28. The standard InChI is InChI=1S/C17H13ClO4/c18-13-8-6-12(7-9-13)15(19)16-14(21-17(20)22-16)10-11-4-2-1-3-5-11/h1-10,15-16,19H/b14-10-/t15-,16+/m1/s1. The SMILES string of the molecule is O=C1O/C(=C\c2ccccc2)[C@@H]([C@H](O)c2ccc(Cl)cc2)O1. The lowest BCUT2D eigenvalue weighted by molar-refractivity contribution is 0.0404. The largest absolute Gasteiger partial charge is 0.514 e. The Labute approximate surface area is 132 Å². The van der Waals surface area contributed by atoms with Gasteiger partial charge in [0, 0.05) is 5.02 Å². The van der Waals surface area contributed by atoms with Gasteiger partial charge in [-0.3, -0.25) is 0 Å².